The molecule has 0 atom stereocenters. The Labute approximate surface area is 165 Å². The third-order valence-electron chi connectivity index (χ3n) is 3.66. The quantitative estimate of drug-likeness (QED) is 0.605. The lowest BCUT2D eigenvalue weighted by atomic mass is 9.99. The first-order valence-corrected chi connectivity index (χ1v) is 9.21. The largest absolute Gasteiger partial charge is 0.489 e. The van der Waals surface area contributed by atoms with Gasteiger partial charge in [-0.3, -0.25) is 0 Å². The zero-order chi connectivity index (χ0) is 19.2. The Hall–Kier alpha value is -3.01. The van der Waals surface area contributed by atoms with E-state index in [0.717, 1.165) is 5.56 Å². The van der Waals surface area contributed by atoms with Crippen LogP contribution in [0.2, 0.25) is 5.02 Å². The van der Waals surface area contributed by atoms with Gasteiger partial charge in [-0.05, 0) is 46.2 Å². The first-order chi connectivity index (χ1) is 13.1. The summed E-state index contributed by atoms with van der Waals surface area (Å²) in [6.07, 6.45) is 0. The number of ether oxygens (including phenoxy) is 2. The summed E-state index contributed by atoms with van der Waals surface area (Å²) in [5.74, 6) is -0.513. The Bertz CT molecular complexity index is 996. The number of carboxylic acids is 1. The number of hydrogen-bond donors (Lipinski definition) is 1. The van der Waals surface area contributed by atoms with Crippen molar-refractivity contribution < 1.29 is 19.4 Å². The van der Waals surface area contributed by atoms with Gasteiger partial charge in [-0.15, -0.1) is 0 Å². The minimum atomic E-state index is -1.13. The molecule has 1 heterocycles. The van der Waals surface area contributed by atoms with Crippen LogP contribution >= 0.6 is 22.9 Å². The van der Waals surface area contributed by atoms with Crippen molar-refractivity contribution in [3.8, 4) is 28.7 Å². The van der Waals surface area contributed by atoms with Gasteiger partial charge in [0.1, 0.15) is 29.7 Å². The van der Waals surface area contributed by atoms with Gasteiger partial charge < -0.3 is 14.6 Å². The Morgan fingerprint density at radius 1 is 1.22 bits per heavy atom. The first-order valence-electron chi connectivity index (χ1n) is 7.89. The van der Waals surface area contributed by atoms with Gasteiger partial charge in [0.15, 0.2) is 6.61 Å². The van der Waals surface area contributed by atoms with Crippen molar-refractivity contribution in [2.24, 2.45) is 0 Å². The summed E-state index contributed by atoms with van der Waals surface area (Å²) in [5.41, 5.74) is 2.51. The van der Waals surface area contributed by atoms with Gasteiger partial charge >= 0.3 is 5.97 Å². The Kier molecular flexibility index (Phi) is 5.97. The molecule has 0 aliphatic rings. The monoisotopic (exact) mass is 399 g/mol. The van der Waals surface area contributed by atoms with Crippen LogP contribution in [0.5, 0.6) is 11.5 Å². The lowest BCUT2D eigenvalue weighted by Crippen LogP contribution is -2.10. The molecule has 136 valence electrons. The summed E-state index contributed by atoms with van der Waals surface area (Å²) in [4.78, 5) is 10.9. The number of aliphatic carboxylic acids is 1. The topological polar surface area (TPSA) is 79.5 Å². The molecular weight excluding hydrogens is 386 g/mol. The number of carbonyl (C=O) groups is 1. The molecule has 3 rings (SSSR count). The Morgan fingerprint density at radius 2 is 2.07 bits per heavy atom. The first kappa shape index (κ1) is 18.8. The van der Waals surface area contributed by atoms with Crippen molar-refractivity contribution in [3.05, 3.63) is 69.4 Å². The van der Waals surface area contributed by atoms with Crippen molar-refractivity contribution in [2.45, 2.75) is 6.61 Å². The second-order valence-electron chi connectivity index (χ2n) is 5.57. The lowest BCUT2D eigenvalue weighted by molar-refractivity contribution is -0.139. The van der Waals surface area contributed by atoms with E-state index in [1.54, 1.807) is 35.6 Å². The highest BCUT2D eigenvalue weighted by atomic mass is 35.5. The summed E-state index contributed by atoms with van der Waals surface area (Å²) in [7, 11) is 0. The Balaban J connectivity index is 2.02. The van der Waals surface area contributed by atoms with Crippen LogP contribution in [0.15, 0.2) is 53.2 Å². The number of benzene rings is 2. The number of rotatable bonds is 7. The highest BCUT2D eigenvalue weighted by Gasteiger charge is 2.16. The molecule has 5 nitrogen and oxygen atoms in total. The molecule has 0 saturated carbocycles. The second-order valence-corrected chi connectivity index (χ2v) is 6.79. The van der Waals surface area contributed by atoms with E-state index in [1.165, 1.54) is 6.07 Å². The van der Waals surface area contributed by atoms with Gasteiger partial charge in [0.05, 0.1) is 0 Å². The molecule has 0 saturated heterocycles. The van der Waals surface area contributed by atoms with Crippen molar-refractivity contribution in [1.82, 2.24) is 0 Å². The number of carboxylic acid groups (broad SMARTS) is 1. The maximum Gasteiger partial charge on any atom is 0.341 e. The van der Waals surface area contributed by atoms with Gasteiger partial charge in [-0.25, -0.2) is 4.79 Å². The molecular formula is C20H14ClNO4S. The van der Waals surface area contributed by atoms with Crippen molar-refractivity contribution in [1.29, 1.82) is 5.26 Å². The van der Waals surface area contributed by atoms with Crippen molar-refractivity contribution in [2.75, 3.05) is 6.61 Å². The zero-order valence-corrected chi connectivity index (χ0v) is 15.6. The van der Waals surface area contributed by atoms with Crippen LogP contribution < -0.4 is 9.47 Å². The molecule has 27 heavy (non-hydrogen) atoms. The van der Waals surface area contributed by atoms with Crippen LogP contribution in [-0.2, 0) is 11.4 Å². The third-order valence-corrected chi connectivity index (χ3v) is 4.63. The fraction of sp³-hybridized carbons (Fsp3) is 0.100. The number of halogens is 1. The average Bonchev–Trinajstić information content (AvgIpc) is 3.17. The van der Waals surface area contributed by atoms with E-state index in [9.17, 15) is 10.1 Å². The molecule has 0 spiro atoms. The van der Waals surface area contributed by atoms with Crippen LogP contribution in [0.1, 0.15) is 11.1 Å². The fourth-order valence-electron chi connectivity index (χ4n) is 2.47. The SMILES string of the molecule is N#Cc1c(OCC(=O)O)cc(OCc2ccsc2)cc1-c1cccc(Cl)c1. The Morgan fingerprint density at radius 3 is 2.74 bits per heavy atom. The van der Waals surface area contributed by atoms with E-state index in [2.05, 4.69) is 6.07 Å². The summed E-state index contributed by atoms with van der Waals surface area (Å²) in [6.45, 7) is -0.208. The van der Waals surface area contributed by atoms with Crippen molar-refractivity contribution >= 4 is 28.9 Å². The predicted octanol–water partition coefficient (Wildman–Crippen LogP) is 4.98. The highest BCUT2D eigenvalue weighted by Crippen LogP contribution is 2.36. The minimum absolute atomic E-state index is 0.151. The summed E-state index contributed by atoms with van der Waals surface area (Å²) < 4.78 is 11.2. The molecule has 0 unspecified atom stereocenters. The van der Waals surface area contributed by atoms with Crippen LogP contribution in [0.25, 0.3) is 11.1 Å². The molecule has 1 N–H and O–H groups in total. The average molecular weight is 400 g/mol. The van der Waals surface area contributed by atoms with E-state index < -0.39 is 12.6 Å². The number of thiophene rings is 1. The van der Waals surface area contributed by atoms with Gasteiger partial charge in [0.25, 0.3) is 0 Å². The molecule has 7 heteroatoms. The van der Waals surface area contributed by atoms with Crippen molar-refractivity contribution in [3.63, 3.8) is 0 Å². The fourth-order valence-corrected chi connectivity index (χ4v) is 3.31. The molecule has 0 aliphatic carbocycles. The minimum Gasteiger partial charge on any atom is -0.489 e. The maximum absolute atomic E-state index is 10.9. The van der Waals surface area contributed by atoms with E-state index in [1.807, 2.05) is 22.9 Å². The molecule has 3 aromatic rings. The van der Waals surface area contributed by atoms with Crippen LogP contribution in [0.4, 0.5) is 0 Å². The normalized spacial score (nSPS) is 10.2. The third kappa shape index (κ3) is 4.79. The van der Waals surface area contributed by atoms with Gasteiger partial charge in [-0.1, -0.05) is 23.7 Å². The zero-order valence-electron chi connectivity index (χ0n) is 14.0. The number of hydrogen-bond acceptors (Lipinski definition) is 5. The molecule has 0 fully saturated rings. The maximum atomic E-state index is 10.9. The van der Waals surface area contributed by atoms with Crippen LogP contribution in [0, 0.1) is 11.3 Å². The summed E-state index contributed by atoms with van der Waals surface area (Å²) in [5, 5.41) is 23.0. The van der Waals surface area contributed by atoms with E-state index in [-0.39, 0.29) is 11.3 Å². The summed E-state index contributed by atoms with van der Waals surface area (Å²) >= 11 is 7.65. The molecule has 2 aromatic carbocycles. The molecule has 1 aromatic heterocycles. The molecule has 0 amide bonds. The second kappa shape index (κ2) is 8.58. The van der Waals surface area contributed by atoms with E-state index >= 15 is 0 Å². The van der Waals surface area contributed by atoms with Gasteiger partial charge in [-0.2, -0.15) is 16.6 Å². The number of nitrogens with zero attached hydrogens (tertiary/aromatic N) is 1. The number of nitriles is 1. The van der Waals surface area contributed by atoms with Crippen LogP contribution in [0.3, 0.4) is 0 Å². The molecule has 0 aliphatic heterocycles. The lowest BCUT2D eigenvalue weighted by Gasteiger charge is -2.14. The van der Waals surface area contributed by atoms with Gasteiger partial charge in [0, 0.05) is 16.7 Å². The van der Waals surface area contributed by atoms with E-state index in [0.29, 0.717) is 28.5 Å². The standard InChI is InChI=1S/C20H14ClNO4S/c21-15-3-1-2-14(6-15)17-7-16(25-10-13-4-5-27-12-13)8-19(18(17)9-22)26-11-20(23)24/h1-8,12H,10-11H2,(H,23,24). The predicted molar refractivity (Wildman–Crippen MR) is 103 cm³/mol. The smallest absolute Gasteiger partial charge is 0.341 e. The van der Waals surface area contributed by atoms with E-state index in [4.69, 9.17) is 26.2 Å². The molecule has 0 bridgehead atoms. The highest BCUT2D eigenvalue weighted by molar-refractivity contribution is 7.07. The summed E-state index contributed by atoms with van der Waals surface area (Å²) in [6, 6.07) is 14.3. The van der Waals surface area contributed by atoms with Crippen LogP contribution in [-0.4, -0.2) is 17.7 Å². The molecule has 0 radical (unpaired) electrons. The van der Waals surface area contributed by atoms with Gasteiger partial charge in [0.2, 0.25) is 0 Å².